The number of carbonyl (C=O) groups excluding carboxylic acids is 1. The van der Waals surface area contributed by atoms with Crippen molar-refractivity contribution in [2.75, 3.05) is 12.3 Å². The van der Waals surface area contributed by atoms with E-state index in [1.54, 1.807) is 0 Å². The molecule has 0 aliphatic rings. The summed E-state index contributed by atoms with van der Waals surface area (Å²) in [6.45, 7) is -0.226. The lowest BCUT2D eigenvalue weighted by Gasteiger charge is -2.09. The Bertz CT molecular complexity index is 448. The Morgan fingerprint density at radius 2 is 2.06 bits per heavy atom. The van der Waals surface area contributed by atoms with Crippen molar-refractivity contribution in [1.82, 2.24) is 0 Å². The minimum Gasteiger partial charge on any atom is -0.478 e. The van der Waals surface area contributed by atoms with E-state index in [1.165, 1.54) is 18.2 Å². The van der Waals surface area contributed by atoms with E-state index in [0.717, 1.165) is 0 Å². The molecular weight excluding hydrogens is 269 g/mol. The number of anilines is 1. The van der Waals surface area contributed by atoms with Crippen LogP contribution in [0, 0.1) is 0 Å². The molecule has 0 saturated heterocycles. The predicted molar refractivity (Wildman–Crippen MR) is 63.6 cm³/mol. The first-order chi connectivity index (χ1) is 7.93. The summed E-state index contributed by atoms with van der Waals surface area (Å²) in [5.74, 6) is -2.13. The van der Waals surface area contributed by atoms with Gasteiger partial charge in [0.15, 0.2) is 0 Å². The van der Waals surface area contributed by atoms with E-state index < -0.39 is 16.8 Å². The van der Waals surface area contributed by atoms with Crippen LogP contribution in [0.2, 0.25) is 0 Å². The van der Waals surface area contributed by atoms with Gasteiger partial charge in [0.25, 0.3) is 0 Å². The van der Waals surface area contributed by atoms with Crippen LogP contribution in [0.1, 0.15) is 20.7 Å². The maximum Gasteiger partial charge on any atom is 0.339 e. The number of rotatable bonds is 4. The highest BCUT2D eigenvalue weighted by molar-refractivity contribution is 6.44. The molecule has 3 N–H and O–H groups in total. The van der Waals surface area contributed by atoms with E-state index in [0.29, 0.717) is 0 Å². The third-order valence-corrected chi connectivity index (χ3v) is 2.12. The summed E-state index contributed by atoms with van der Waals surface area (Å²) < 4.78 is 4.71. The van der Waals surface area contributed by atoms with Gasteiger partial charge < -0.3 is 15.6 Å². The third-order valence-electron chi connectivity index (χ3n) is 1.87. The third kappa shape index (κ3) is 3.51. The Balaban J connectivity index is 3.01. The maximum atomic E-state index is 11.6. The highest BCUT2D eigenvalue weighted by Gasteiger charge is 2.20. The summed E-state index contributed by atoms with van der Waals surface area (Å²) in [6, 6.07) is 4.14. The zero-order chi connectivity index (χ0) is 13.0. The van der Waals surface area contributed by atoms with Crippen LogP contribution in [0.3, 0.4) is 0 Å². The van der Waals surface area contributed by atoms with E-state index in [1.807, 2.05) is 0 Å². The number of carbonyl (C=O) groups is 2. The second-order valence-electron chi connectivity index (χ2n) is 3.06. The number of nitrogens with two attached hydrogens (primary N) is 1. The Morgan fingerprint density at radius 3 is 2.59 bits per heavy atom. The van der Waals surface area contributed by atoms with Crippen molar-refractivity contribution >= 4 is 40.8 Å². The quantitative estimate of drug-likeness (QED) is 0.499. The van der Waals surface area contributed by atoms with Crippen LogP contribution >= 0.6 is 23.2 Å². The van der Waals surface area contributed by atoms with Crippen LogP contribution in [0.4, 0.5) is 5.69 Å². The van der Waals surface area contributed by atoms with E-state index in [4.69, 9.17) is 38.8 Å². The molecule has 0 unspecified atom stereocenters. The van der Waals surface area contributed by atoms with Crippen molar-refractivity contribution in [3.8, 4) is 0 Å². The minimum atomic E-state index is -1.30. The van der Waals surface area contributed by atoms with E-state index in [9.17, 15) is 9.59 Å². The summed E-state index contributed by atoms with van der Waals surface area (Å²) in [5, 5.41) is 8.93. The highest BCUT2D eigenvalue weighted by Crippen LogP contribution is 2.18. The molecule has 0 aliphatic carbocycles. The molecule has 0 heterocycles. The fourth-order valence-electron chi connectivity index (χ4n) is 1.20. The zero-order valence-corrected chi connectivity index (χ0v) is 10.0. The van der Waals surface area contributed by atoms with Crippen LogP contribution in [-0.4, -0.2) is 28.5 Å². The molecule has 0 radical (unpaired) electrons. The number of alkyl halides is 2. The van der Waals surface area contributed by atoms with Crippen LogP contribution in [0.5, 0.6) is 0 Å². The van der Waals surface area contributed by atoms with Gasteiger partial charge in [-0.25, -0.2) is 9.59 Å². The Kier molecular flexibility index (Phi) is 4.60. The second kappa shape index (κ2) is 5.75. The summed E-state index contributed by atoms with van der Waals surface area (Å²) >= 11 is 10.8. The average Bonchev–Trinajstić information content (AvgIpc) is 2.24. The zero-order valence-electron chi connectivity index (χ0n) is 8.52. The maximum absolute atomic E-state index is 11.6. The van der Waals surface area contributed by atoms with Gasteiger partial charge >= 0.3 is 11.9 Å². The standard InChI is InChI=1S/C10H9Cl2NO4/c11-7(12)4-17-10(16)5-2-1-3-6(13)8(5)9(14)15/h1-3,7H,4,13H2,(H,14,15). The van der Waals surface area contributed by atoms with Gasteiger partial charge in [-0.3, -0.25) is 0 Å². The molecule has 0 saturated carbocycles. The topological polar surface area (TPSA) is 89.6 Å². The number of hydrogen-bond donors (Lipinski definition) is 2. The first-order valence-corrected chi connectivity index (χ1v) is 5.37. The Morgan fingerprint density at radius 1 is 1.41 bits per heavy atom. The molecule has 0 amide bonds. The molecule has 5 nitrogen and oxygen atoms in total. The smallest absolute Gasteiger partial charge is 0.339 e. The van der Waals surface area contributed by atoms with Crippen molar-refractivity contribution < 1.29 is 19.4 Å². The highest BCUT2D eigenvalue weighted by atomic mass is 35.5. The van der Waals surface area contributed by atoms with E-state index >= 15 is 0 Å². The number of halogens is 2. The molecule has 1 aromatic rings. The van der Waals surface area contributed by atoms with Crippen molar-refractivity contribution in [3.63, 3.8) is 0 Å². The fourth-order valence-corrected chi connectivity index (χ4v) is 1.32. The van der Waals surface area contributed by atoms with Crippen molar-refractivity contribution in [3.05, 3.63) is 29.3 Å². The summed E-state index contributed by atoms with van der Waals surface area (Å²) in [4.78, 5) is 21.6. The molecule has 0 spiro atoms. The Labute approximate surface area is 107 Å². The van der Waals surface area contributed by atoms with Gasteiger partial charge in [0.2, 0.25) is 0 Å². The van der Waals surface area contributed by atoms with Crippen molar-refractivity contribution in [2.45, 2.75) is 4.84 Å². The number of nitrogen functional groups attached to an aromatic ring is 1. The first kappa shape index (κ1) is 13.6. The first-order valence-electron chi connectivity index (χ1n) is 4.50. The number of hydrogen-bond acceptors (Lipinski definition) is 4. The molecule has 0 atom stereocenters. The number of carboxylic acids is 1. The minimum absolute atomic E-state index is 0.0137. The number of carboxylic acid groups (broad SMARTS) is 1. The number of esters is 1. The molecule has 7 heteroatoms. The number of ether oxygens (including phenoxy) is 1. The Hall–Kier alpha value is -1.46. The predicted octanol–water partition coefficient (Wildman–Crippen LogP) is 1.93. The largest absolute Gasteiger partial charge is 0.478 e. The van der Waals surface area contributed by atoms with Crippen LogP contribution in [0.15, 0.2) is 18.2 Å². The molecule has 0 aromatic heterocycles. The number of aromatic carboxylic acids is 1. The summed E-state index contributed by atoms with van der Waals surface area (Å²) in [7, 11) is 0. The lowest BCUT2D eigenvalue weighted by molar-refractivity contribution is 0.0510. The second-order valence-corrected chi connectivity index (χ2v) is 4.34. The van der Waals surface area contributed by atoms with Crippen LogP contribution in [-0.2, 0) is 4.74 Å². The molecule has 0 fully saturated rings. The SMILES string of the molecule is Nc1cccc(C(=O)OCC(Cl)Cl)c1C(=O)O. The van der Waals surface area contributed by atoms with Crippen molar-refractivity contribution in [2.24, 2.45) is 0 Å². The summed E-state index contributed by atoms with van der Waals surface area (Å²) in [6.07, 6.45) is 0. The lowest BCUT2D eigenvalue weighted by atomic mass is 10.1. The molecule has 1 rings (SSSR count). The average molecular weight is 278 g/mol. The monoisotopic (exact) mass is 277 g/mol. The van der Waals surface area contributed by atoms with Gasteiger partial charge in [-0.05, 0) is 12.1 Å². The molecule has 17 heavy (non-hydrogen) atoms. The number of benzene rings is 1. The van der Waals surface area contributed by atoms with Gasteiger partial charge in [-0.2, -0.15) is 0 Å². The van der Waals surface area contributed by atoms with Gasteiger partial charge in [-0.1, -0.05) is 6.07 Å². The van der Waals surface area contributed by atoms with Gasteiger partial charge in [0.05, 0.1) is 11.1 Å². The van der Waals surface area contributed by atoms with Gasteiger partial charge in [-0.15, -0.1) is 23.2 Å². The van der Waals surface area contributed by atoms with Crippen molar-refractivity contribution in [1.29, 1.82) is 0 Å². The van der Waals surface area contributed by atoms with Crippen LogP contribution in [0.25, 0.3) is 0 Å². The van der Waals surface area contributed by atoms with Crippen LogP contribution < -0.4 is 5.73 Å². The van der Waals surface area contributed by atoms with Gasteiger partial charge in [0, 0.05) is 5.69 Å². The molecule has 0 bridgehead atoms. The normalized spacial score (nSPS) is 10.3. The van der Waals surface area contributed by atoms with E-state index in [-0.39, 0.29) is 23.4 Å². The molecular formula is C10H9Cl2NO4. The lowest BCUT2D eigenvalue weighted by Crippen LogP contribution is -2.16. The fraction of sp³-hybridized carbons (Fsp3) is 0.200. The van der Waals surface area contributed by atoms with Gasteiger partial charge in [0.1, 0.15) is 11.4 Å². The van der Waals surface area contributed by atoms with E-state index in [2.05, 4.69) is 0 Å². The summed E-state index contributed by atoms with van der Waals surface area (Å²) in [5.41, 5.74) is 5.04. The molecule has 1 aromatic carbocycles. The molecule has 0 aliphatic heterocycles. The molecule has 92 valence electrons.